The molecule has 3 rings (SSSR count). The van der Waals surface area contributed by atoms with Gasteiger partial charge in [0.05, 0.1) is 4.92 Å². The molecule has 0 aliphatic carbocycles. The van der Waals surface area contributed by atoms with E-state index in [-0.39, 0.29) is 24.0 Å². The van der Waals surface area contributed by atoms with E-state index >= 15 is 0 Å². The number of carbonyl (C=O) groups excluding carboxylic acids is 1. The highest BCUT2D eigenvalue weighted by Gasteiger charge is 2.40. The number of ether oxygens (including phenoxy) is 1. The van der Waals surface area contributed by atoms with Crippen molar-refractivity contribution in [3.05, 3.63) is 69.8 Å². The number of benzene rings is 2. The second-order valence-corrected chi connectivity index (χ2v) is 11.8. The molecule has 1 saturated heterocycles. The number of esters is 1. The van der Waals surface area contributed by atoms with Gasteiger partial charge in [-0.3, -0.25) is 19.8 Å². The van der Waals surface area contributed by atoms with Gasteiger partial charge in [0.1, 0.15) is 11.6 Å². The van der Waals surface area contributed by atoms with Crippen LogP contribution in [0.1, 0.15) is 38.8 Å². The summed E-state index contributed by atoms with van der Waals surface area (Å²) < 4.78 is 33.7. The van der Waals surface area contributed by atoms with Crippen molar-refractivity contribution in [3.8, 4) is 0 Å². The Bertz CT molecular complexity index is 1170. The standard InChI is InChI=1S/C25H33N3O6S/c1-18-10-12-20(13-11-18)16-22(24(29)34-25(3,4)5)26-14-15-27(19(2)17-26)35(32,33)23-9-7-6-8-21(23)28(30)31/h6-13,19,22H,14-17H2,1-5H3/t19-,22-/m0/s1. The third-order valence-corrected chi connectivity index (χ3v) is 7.98. The first-order chi connectivity index (χ1) is 16.3. The zero-order chi connectivity index (χ0) is 26.0. The lowest BCUT2D eigenvalue weighted by Crippen LogP contribution is -2.58. The third kappa shape index (κ3) is 6.45. The Labute approximate surface area is 206 Å². The van der Waals surface area contributed by atoms with Crippen molar-refractivity contribution in [2.75, 3.05) is 19.6 Å². The molecule has 10 heteroatoms. The molecule has 0 saturated carbocycles. The molecule has 0 bridgehead atoms. The third-order valence-electron chi connectivity index (χ3n) is 5.92. The Kier molecular flexibility index (Phi) is 7.98. The van der Waals surface area contributed by atoms with E-state index in [1.807, 2.05) is 56.9 Å². The Morgan fingerprint density at radius 3 is 2.34 bits per heavy atom. The van der Waals surface area contributed by atoms with Crippen molar-refractivity contribution in [1.29, 1.82) is 0 Å². The highest BCUT2D eigenvalue weighted by Crippen LogP contribution is 2.29. The van der Waals surface area contributed by atoms with Gasteiger partial charge in [0.25, 0.3) is 5.69 Å². The number of para-hydroxylation sites is 1. The maximum absolute atomic E-state index is 13.4. The van der Waals surface area contributed by atoms with E-state index in [9.17, 15) is 23.3 Å². The van der Waals surface area contributed by atoms with Crippen LogP contribution in [0.2, 0.25) is 0 Å². The molecule has 190 valence electrons. The average Bonchev–Trinajstić information content (AvgIpc) is 2.77. The summed E-state index contributed by atoms with van der Waals surface area (Å²) in [5.74, 6) is -0.361. The first kappa shape index (κ1) is 26.8. The largest absolute Gasteiger partial charge is 0.459 e. The van der Waals surface area contributed by atoms with Crippen LogP contribution in [0, 0.1) is 17.0 Å². The molecule has 2 aromatic rings. The molecule has 2 aromatic carbocycles. The van der Waals surface area contributed by atoms with Crippen molar-refractivity contribution in [1.82, 2.24) is 9.21 Å². The zero-order valence-electron chi connectivity index (χ0n) is 20.8. The molecule has 1 heterocycles. The fourth-order valence-electron chi connectivity index (χ4n) is 4.24. The van der Waals surface area contributed by atoms with Gasteiger partial charge in [-0.05, 0) is 52.7 Å². The maximum Gasteiger partial charge on any atom is 0.324 e. The Balaban J connectivity index is 1.85. The predicted molar refractivity (Wildman–Crippen MR) is 133 cm³/mol. The molecular weight excluding hydrogens is 470 g/mol. The van der Waals surface area contributed by atoms with Crippen LogP contribution in [0.3, 0.4) is 0 Å². The highest BCUT2D eigenvalue weighted by molar-refractivity contribution is 7.89. The lowest BCUT2D eigenvalue weighted by atomic mass is 10.0. The molecule has 1 aliphatic rings. The minimum Gasteiger partial charge on any atom is -0.459 e. The van der Waals surface area contributed by atoms with Gasteiger partial charge in [-0.15, -0.1) is 0 Å². The highest BCUT2D eigenvalue weighted by atomic mass is 32.2. The summed E-state index contributed by atoms with van der Waals surface area (Å²) in [6.07, 6.45) is 0.429. The van der Waals surface area contributed by atoms with Crippen LogP contribution in [-0.2, 0) is 26.0 Å². The van der Waals surface area contributed by atoms with Gasteiger partial charge in [0.15, 0.2) is 4.90 Å². The molecular formula is C25H33N3O6S. The molecule has 0 amide bonds. The van der Waals surface area contributed by atoms with Crippen molar-refractivity contribution in [3.63, 3.8) is 0 Å². The van der Waals surface area contributed by atoms with E-state index in [2.05, 4.69) is 0 Å². The molecule has 0 N–H and O–H groups in total. The monoisotopic (exact) mass is 503 g/mol. The molecule has 2 atom stereocenters. The molecule has 0 aromatic heterocycles. The quantitative estimate of drug-likeness (QED) is 0.323. The second-order valence-electron chi connectivity index (χ2n) is 9.92. The minimum atomic E-state index is -4.10. The van der Waals surface area contributed by atoms with E-state index in [0.717, 1.165) is 11.1 Å². The number of hydrogen-bond acceptors (Lipinski definition) is 7. The first-order valence-electron chi connectivity index (χ1n) is 11.6. The molecule has 0 radical (unpaired) electrons. The number of aryl methyl sites for hydroxylation is 1. The van der Waals surface area contributed by atoms with E-state index in [1.165, 1.54) is 28.6 Å². The SMILES string of the molecule is Cc1ccc(C[C@@H](C(=O)OC(C)(C)C)N2CCN(S(=O)(=O)c3ccccc3[N+](=O)[O-])[C@@H](C)C2)cc1. The van der Waals surface area contributed by atoms with E-state index in [4.69, 9.17) is 4.74 Å². The molecule has 0 spiro atoms. The summed E-state index contributed by atoms with van der Waals surface area (Å²) in [6, 6.07) is 12.2. The fourth-order valence-corrected chi connectivity index (χ4v) is 6.01. The number of sulfonamides is 1. The van der Waals surface area contributed by atoms with Gasteiger partial charge in [0, 0.05) is 31.7 Å². The van der Waals surface area contributed by atoms with Gasteiger partial charge in [-0.1, -0.05) is 42.0 Å². The summed E-state index contributed by atoms with van der Waals surface area (Å²) in [6.45, 7) is 9.86. The molecule has 9 nitrogen and oxygen atoms in total. The van der Waals surface area contributed by atoms with E-state index in [1.54, 1.807) is 6.92 Å². The number of piperazine rings is 1. The van der Waals surface area contributed by atoms with Gasteiger partial charge in [0.2, 0.25) is 10.0 Å². The van der Waals surface area contributed by atoms with E-state index in [0.29, 0.717) is 13.0 Å². The number of nitrogens with zero attached hydrogens (tertiary/aromatic N) is 3. The number of nitro benzene ring substituents is 1. The Hall–Kier alpha value is -2.82. The van der Waals surface area contributed by atoms with Gasteiger partial charge in [-0.2, -0.15) is 4.31 Å². The summed E-state index contributed by atoms with van der Waals surface area (Å²) in [5, 5.41) is 11.4. The second kappa shape index (κ2) is 10.4. The number of carbonyl (C=O) groups is 1. The Morgan fingerprint density at radius 1 is 1.14 bits per heavy atom. The maximum atomic E-state index is 13.4. The van der Waals surface area contributed by atoms with Crippen LogP contribution in [0.15, 0.2) is 53.4 Å². The normalized spacial score (nSPS) is 18.7. The van der Waals surface area contributed by atoms with Crippen LogP contribution < -0.4 is 0 Å². The summed E-state index contributed by atoms with van der Waals surface area (Å²) in [5.41, 5.74) is 0.984. The van der Waals surface area contributed by atoms with Gasteiger partial charge >= 0.3 is 5.97 Å². The van der Waals surface area contributed by atoms with E-state index < -0.39 is 38.3 Å². The number of nitro groups is 1. The zero-order valence-corrected chi connectivity index (χ0v) is 21.6. The molecule has 1 fully saturated rings. The van der Waals surface area contributed by atoms with Crippen molar-refractivity contribution in [2.24, 2.45) is 0 Å². The molecule has 1 aliphatic heterocycles. The molecule has 35 heavy (non-hydrogen) atoms. The van der Waals surface area contributed by atoms with Gasteiger partial charge < -0.3 is 4.74 Å². The van der Waals surface area contributed by atoms with Crippen LogP contribution in [0.25, 0.3) is 0 Å². The lowest BCUT2D eigenvalue weighted by Gasteiger charge is -2.42. The van der Waals surface area contributed by atoms with Crippen LogP contribution in [0.5, 0.6) is 0 Å². The summed E-state index contributed by atoms with van der Waals surface area (Å²) in [7, 11) is -4.10. The fraction of sp³-hybridized carbons (Fsp3) is 0.480. The van der Waals surface area contributed by atoms with Crippen molar-refractivity contribution in [2.45, 2.75) is 63.6 Å². The van der Waals surface area contributed by atoms with Crippen LogP contribution in [-0.4, -0.2) is 65.8 Å². The van der Waals surface area contributed by atoms with Crippen molar-refractivity contribution >= 4 is 21.7 Å². The summed E-state index contributed by atoms with van der Waals surface area (Å²) in [4.78, 5) is 25.5. The smallest absolute Gasteiger partial charge is 0.324 e. The minimum absolute atomic E-state index is 0.0999. The number of hydrogen-bond donors (Lipinski definition) is 0. The lowest BCUT2D eigenvalue weighted by molar-refractivity contribution is -0.387. The first-order valence-corrected chi connectivity index (χ1v) is 13.0. The average molecular weight is 504 g/mol. The molecule has 0 unspecified atom stereocenters. The summed E-state index contributed by atoms with van der Waals surface area (Å²) >= 11 is 0. The Morgan fingerprint density at radius 2 is 1.77 bits per heavy atom. The van der Waals surface area contributed by atoms with Crippen LogP contribution in [0.4, 0.5) is 5.69 Å². The van der Waals surface area contributed by atoms with Gasteiger partial charge in [-0.25, -0.2) is 8.42 Å². The predicted octanol–water partition coefficient (Wildman–Crippen LogP) is 3.55. The van der Waals surface area contributed by atoms with Crippen LogP contribution >= 0.6 is 0 Å². The number of rotatable bonds is 7. The van der Waals surface area contributed by atoms with Crippen molar-refractivity contribution < 1.29 is 22.9 Å². The topological polar surface area (TPSA) is 110 Å².